The van der Waals surface area contributed by atoms with Crippen LogP contribution in [0.3, 0.4) is 0 Å². The van der Waals surface area contributed by atoms with E-state index in [0.717, 1.165) is 56.0 Å². The minimum absolute atomic E-state index is 0.293. The molecular weight excluding hydrogens is 497 g/mol. The maximum absolute atomic E-state index is 16.5. The van der Waals surface area contributed by atoms with Gasteiger partial charge in [0.15, 0.2) is 10.9 Å². The molecule has 4 heterocycles. The molecule has 2 aliphatic heterocycles. The van der Waals surface area contributed by atoms with E-state index in [1.54, 1.807) is 0 Å². The Morgan fingerprint density at radius 1 is 1.19 bits per heavy atom. The van der Waals surface area contributed by atoms with Crippen molar-refractivity contribution >= 4 is 61.0 Å². The zero-order valence-corrected chi connectivity index (χ0v) is 22.0. The topological polar surface area (TPSA) is 83.2 Å². The number of rotatable bonds is 7. The first-order chi connectivity index (χ1) is 17.5. The Labute approximate surface area is 218 Å². The third kappa shape index (κ3) is 3.76. The third-order valence-electron chi connectivity index (χ3n) is 7.20. The Morgan fingerprint density at radius 2 is 2.00 bits per heavy atom. The number of para-hydroxylation sites is 1. The summed E-state index contributed by atoms with van der Waals surface area (Å²) in [5.41, 5.74) is 7.84. The summed E-state index contributed by atoms with van der Waals surface area (Å²) in [5.74, 6) is 0.885. The molecule has 0 radical (unpaired) electrons. The Bertz CT molecular complexity index is 1450. The number of aromatic nitrogens is 3. The average Bonchev–Trinajstić information content (AvgIpc) is 3.41. The number of hydrogen-bond acceptors (Lipinski definition) is 8. The number of nitrogens with two attached hydrogens (primary N) is 1. The quantitative estimate of drug-likeness (QED) is 0.331. The molecule has 2 fully saturated rings. The first-order valence-electron chi connectivity index (χ1n) is 12.6. The van der Waals surface area contributed by atoms with E-state index >= 15 is 4.39 Å². The smallest absolute Gasteiger partial charge is 0.228 e. The number of nitrogens with one attached hydrogen (secondary N) is 1. The van der Waals surface area contributed by atoms with Crippen LogP contribution in [0.15, 0.2) is 24.3 Å². The summed E-state index contributed by atoms with van der Waals surface area (Å²) in [5, 5.41) is 4.91. The molecule has 188 valence electrons. The molecule has 7 nitrogen and oxygen atoms in total. The molecule has 2 aromatic carbocycles. The van der Waals surface area contributed by atoms with E-state index in [1.165, 1.54) is 11.3 Å². The number of fused-ring (bicyclic) bond motifs is 3. The maximum Gasteiger partial charge on any atom is 0.228 e. The first-order valence-corrected chi connectivity index (χ1v) is 13.8. The zero-order chi connectivity index (χ0) is 25.0. The fourth-order valence-electron chi connectivity index (χ4n) is 5.57. The monoisotopic (exact) mass is 525 g/mol. The summed E-state index contributed by atoms with van der Waals surface area (Å²) in [6.07, 6.45) is 2.96. The molecule has 0 bridgehead atoms. The molecule has 2 saturated heterocycles. The minimum atomic E-state index is -0.448. The molecule has 2 aromatic heterocycles. The molecule has 0 saturated carbocycles. The number of nitrogens with zero attached hydrogens (tertiary/aromatic N) is 5. The second kappa shape index (κ2) is 9.28. The van der Waals surface area contributed by atoms with Gasteiger partial charge in [0, 0.05) is 42.2 Å². The number of benzene rings is 2. The van der Waals surface area contributed by atoms with Crippen LogP contribution >= 0.6 is 22.9 Å². The van der Waals surface area contributed by atoms with Crippen molar-refractivity contribution in [1.82, 2.24) is 20.3 Å². The Hall–Kier alpha value is -2.75. The average molecular weight is 526 g/mol. The van der Waals surface area contributed by atoms with Crippen LogP contribution in [0.2, 0.25) is 5.02 Å². The molecule has 3 N–H and O–H groups in total. The lowest BCUT2D eigenvalue weighted by Gasteiger charge is -2.44. The van der Waals surface area contributed by atoms with Crippen molar-refractivity contribution in [2.45, 2.75) is 45.2 Å². The Balaban J connectivity index is 1.59. The summed E-state index contributed by atoms with van der Waals surface area (Å²) in [7, 11) is 0. The lowest BCUT2D eigenvalue weighted by molar-refractivity contribution is 0.389. The summed E-state index contributed by atoms with van der Waals surface area (Å²) in [6.45, 7) is 7.75. The first kappa shape index (κ1) is 23.6. The van der Waals surface area contributed by atoms with Gasteiger partial charge < -0.3 is 20.9 Å². The van der Waals surface area contributed by atoms with Gasteiger partial charge >= 0.3 is 0 Å². The van der Waals surface area contributed by atoms with E-state index in [-0.39, 0.29) is 0 Å². The molecule has 2 atom stereocenters. The van der Waals surface area contributed by atoms with Gasteiger partial charge in [-0.2, -0.15) is 4.98 Å². The van der Waals surface area contributed by atoms with Gasteiger partial charge in [-0.15, -0.1) is 0 Å². The molecule has 0 amide bonds. The van der Waals surface area contributed by atoms with E-state index in [4.69, 9.17) is 27.3 Å². The van der Waals surface area contributed by atoms with Gasteiger partial charge in [0.2, 0.25) is 5.95 Å². The van der Waals surface area contributed by atoms with Gasteiger partial charge in [0.1, 0.15) is 11.3 Å². The maximum atomic E-state index is 16.5. The SMILES string of the molecule is CCCN(CCC)c1nc(N2C[C@@H]3NCC[C@@H]32)nc2c(F)c(-c3cccc4sc(N)nc34)c(Cl)cc12. The van der Waals surface area contributed by atoms with E-state index in [9.17, 15) is 0 Å². The molecule has 4 aromatic rings. The molecule has 2 aliphatic rings. The van der Waals surface area contributed by atoms with Crippen LogP contribution in [0.1, 0.15) is 33.1 Å². The van der Waals surface area contributed by atoms with Crippen LogP contribution in [0.4, 0.5) is 21.3 Å². The van der Waals surface area contributed by atoms with E-state index in [1.807, 2.05) is 24.3 Å². The van der Waals surface area contributed by atoms with Crippen LogP contribution in [0.25, 0.3) is 32.2 Å². The lowest BCUT2D eigenvalue weighted by atomic mass is 9.98. The highest BCUT2D eigenvalue weighted by Gasteiger charge is 2.43. The van der Waals surface area contributed by atoms with Gasteiger partial charge in [-0.3, -0.25) is 0 Å². The summed E-state index contributed by atoms with van der Waals surface area (Å²) >= 11 is 8.18. The number of hydrogen-bond donors (Lipinski definition) is 2. The summed E-state index contributed by atoms with van der Waals surface area (Å²) in [4.78, 5) is 18.7. The lowest BCUT2D eigenvalue weighted by Crippen LogP contribution is -2.61. The van der Waals surface area contributed by atoms with Gasteiger partial charge in [-0.05, 0) is 37.9 Å². The fourth-order valence-corrected chi connectivity index (χ4v) is 6.62. The molecule has 36 heavy (non-hydrogen) atoms. The van der Waals surface area contributed by atoms with Crippen molar-refractivity contribution in [2.24, 2.45) is 0 Å². The van der Waals surface area contributed by atoms with Crippen molar-refractivity contribution in [1.29, 1.82) is 0 Å². The van der Waals surface area contributed by atoms with E-state index in [2.05, 4.69) is 33.9 Å². The zero-order valence-electron chi connectivity index (χ0n) is 20.4. The predicted molar refractivity (Wildman–Crippen MR) is 148 cm³/mol. The molecule has 0 aliphatic carbocycles. The van der Waals surface area contributed by atoms with E-state index < -0.39 is 5.82 Å². The minimum Gasteiger partial charge on any atom is -0.375 e. The van der Waals surface area contributed by atoms with Crippen molar-refractivity contribution in [3.63, 3.8) is 0 Å². The van der Waals surface area contributed by atoms with Crippen molar-refractivity contribution in [3.05, 3.63) is 35.1 Å². The Kier molecular flexibility index (Phi) is 6.09. The summed E-state index contributed by atoms with van der Waals surface area (Å²) < 4.78 is 17.4. The molecule has 6 rings (SSSR count). The Morgan fingerprint density at radius 3 is 2.75 bits per heavy atom. The van der Waals surface area contributed by atoms with Crippen molar-refractivity contribution < 1.29 is 4.39 Å². The normalized spacial score (nSPS) is 19.2. The van der Waals surface area contributed by atoms with Gasteiger partial charge in [-0.25, -0.2) is 14.4 Å². The van der Waals surface area contributed by atoms with Crippen LogP contribution < -0.4 is 20.9 Å². The largest absolute Gasteiger partial charge is 0.375 e. The van der Waals surface area contributed by atoms with Crippen LogP contribution in [0, 0.1) is 5.82 Å². The van der Waals surface area contributed by atoms with E-state index in [0.29, 0.717) is 55.7 Å². The summed E-state index contributed by atoms with van der Waals surface area (Å²) in [6, 6.07) is 8.27. The highest BCUT2D eigenvalue weighted by molar-refractivity contribution is 7.22. The second-order valence-corrected chi connectivity index (χ2v) is 11.0. The van der Waals surface area contributed by atoms with Gasteiger partial charge in [-0.1, -0.05) is 48.9 Å². The molecule has 0 spiro atoms. The number of nitrogen functional groups attached to an aromatic ring is 1. The van der Waals surface area contributed by atoms with Crippen LogP contribution in [-0.2, 0) is 0 Å². The highest BCUT2D eigenvalue weighted by atomic mass is 35.5. The van der Waals surface area contributed by atoms with Gasteiger partial charge in [0.05, 0.1) is 21.3 Å². The predicted octanol–water partition coefficient (Wildman–Crippen LogP) is 5.46. The standard InChI is InChI=1S/C26H29ClFN7S/c1-3-10-34(11-4-2)24-15-12-16(27)20(14-6-5-7-19-22(14)31-25(29)36-19)21(28)23(15)32-26(33-24)35-13-17-18(35)8-9-30-17/h5-7,12,17-18,30H,3-4,8-11,13H2,1-2H3,(H2,29,31)/t17-,18-/m0/s1. The third-order valence-corrected chi connectivity index (χ3v) is 8.35. The fraction of sp³-hybridized carbons (Fsp3) is 0.423. The van der Waals surface area contributed by atoms with Crippen molar-refractivity contribution in [2.75, 3.05) is 41.7 Å². The highest BCUT2D eigenvalue weighted by Crippen LogP contribution is 2.42. The van der Waals surface area contributed by atoms with Crippen LogP contribution in [0.5, 0.6) is 0 Å². The number of thiazole rings is 1. The van der Waals surface area contributed by atoms with Crippen molar-refractivity contribution in [3.8, 4) is 11.1 Å². The van der Waals surface area contributed by atoms with Gasteiger partial charge in [0.25, 0.3) is 0 Å². The molecular formula is C26H29ClFN7S. The molecule has 10 heteroatoms. The number of halogens is 2. The number of anilines is 3. The second-order valence-electron chi connectivity index (χ2n) is 9.55. The molecule has 0 unspecified atom stereocenters. The van der Waals surface area contributed by atoms with Crippen LogP contribution in [-0.4, -0.2) is 53.2 Å².